The van der Waals surface area contributed by atoms with Crippen LogP contribution in [-0.2, 0) is 20.3 Å². The monoisotopic (exact) mass is 351 g/mol. The maximum absolute atomic E-state index is 12.3. The maximum atomic E-state index is 12.3. The summed E-state index contributed by atoms with van der Waals surface area (Å²) in [6, 6.07) is 6.76. The lowest BCUT2D eigenvalue weighted by Crippen LogP contribution is -2.41. The summed E-state index contributed by atoms with van der Waals surface area (Å²) in [5.74, 6) is -0.894. The molecule has 0 bridgehead atoms. The number of esters is 1. The molecule has 0 unspecified atom stereocenters. The van der Waals surface area contributed by atoms with Crippen molar-refractivity contribution in [3.05, 3.63) is 29.8 Å². The van der Waals surface area contributed by atoms with Crippen LogP contribution in [0.5, 0.6) is 0 Å². The lowest BCUT2D eigenvalue weighted by molar-refractivity contribution is -0.129. The van der Waals surface area contributed by atoms with E-state index in [0.29, 0.717) is 4.90 Å². The quantitative estimate of drug-likeness (QED) is 0.654. The molecule has 1 aliphatic rings. The molecular weight excluding hydrogens is 326 g/mol. The molecule has 5 nitrogen and oxygen atoms in total. The fraction of sp³-hybridized carbons (Fsp3) is 0.556. The van der Waals surface area contributed by atoms with Crippen molar-refractivity contribution in [2.24, 2.45) is 0 Å². The number of ether oxygens (including phenoxy) is 1. The number of amides is 1. The number of hydrogen-bond acceptors (Lipinski definition) is 4. The number of hydrogen-bond donors (Lipinski definition) is 1. The zero-order chi connectivity index (χ0) is 17.5. The molecule has 0 heterocycles. The molecular formula is C18H25NO4S. The van der Waals surface area contributed by atoms with Gasteiger partial charge in [0.25, 0.3) is 5.91 Å². The summed E-state index contributed by atoms with van der Waals surface area (Å²) >= 11 is 0. The predicted molar refractivity (Wildman–Crippen MR) is 93.3 cm³/mol. The first-order chi connectivity index (χ1) is 11.5. The fourth-order valence-corrected chi connectivity index (χ4v) is 3.64. The molecule has 132 valence electrons. The molecule has 1 aromatic rings. The van der Waals surface area contributed by atoms with Crippen LogP contribution >= 0.6 is 0 Å². The van der Waals surface area contributed by atoms with Crippen molar-refractivity contribution in [3.63, 3.8) is 0 Å². The van der Waals surface area contributed by atoms with E-state index in [2.05, 4.69) is 5.32 Å². The third kappa shape index (κ3) is 5.16. The first-order valence-electron chi connectivity index (χ1n) is 8.43. The molecule has 1 fully saturated rings. The van der Waals surface area contributed by atoms with Crippen molar-refractivity contribution in [2.45, 2.75) is 62.5 Å². The minimum atomic E-state index is -1.30. The molecule has 2 rings (SSSR count). The van der Waals surface area contributed by atoms with Gasteiger partial charge in [-0.1, -0.05) is 37.8 Å². The Morgan fingerprint density at radius 2 is 1.79 bits per heavy atom. The zero-order valence-corrected chi connectivity index (χ0v) is 15.1. The van der Waals surface area contributed by atoms with E-state index < -0.39 is 22.9 Å². The lowest BCUT2D eigenvalue weighted by Gasteiger charge is -2.20. The first-order valence-corrected chi connectivity index (χ1v) is 9.98. The second kappa shape index (κ2) is 8.97. The van der Waals surface area contributed by atoms with E-state index in [-0.39, 0.29) is 17.5 Å². The van der Waals surface area contributed by atoms with Crippen LogP contribution < -0.4 is 5.32 Å². The summed E-state index contributed by atoms with van der Waals surface area (Å²) in [4.78, 5) is 25.0. The van der Waals surface area contributed by atoms with Gasteiger partial charge in [0, 0.05) is 12.3 Å². The highest BCUT2D eigenvalue weighted by atomic mass is 32.2. The second-order valence-electron chi connectivity index (χ2n) is 6.19. The summed E-state index contributed by atoms with van der Waals surface area (Å²) in [7, 11) is -1.30. The van der Waals surface area contributed by atoms with Crippen LogP contribution in [0.15, 0.2) is 29.2 Å². The molecule has 1 aromatic carbocycles. The highest BCUT2D eigenvalue weighted by Crippen LogP contribution is 2.18. The fourth-order valence-electron chi connectivity index (χ4n) is 2.91. The number of benzene rings is 1. The van der Waals surface area contributed by atoms with E-state index >= 15 is 0 Å². The van der Waals surface area contributed by atoms with Gasteiger partial charge in [-0.2, -0.15) is 0 Å². The molecule has 1 N–H and O–H groups in total. The van der Waals surface area contributed by atoms with Crippen LogP contribution in [-0.4, -0.2) is 34.5 Å². The standard InChI is InChI=1S/C18H25NO4S/c1-13(17(20)19-14-9-5-3-4-6-10-14)23-18(21)15-11-7-8-12-16(15)24(2)22/h7-8,11-14H,3-6,9-10H2,1-2H3,(H,19,20)/t13-,24-/m0/s1. The smallest absolute Gasteiger partial charge is 0.340 e. The van der Waals surface area contributed by atoms with E-state index in [1.807, 2.05) is 0 Å². The number of nitrogens with one attached hydrogen (secondary N) is 1. The Labute approximate surface area is 145 Å². The largest absolute Gasteiger partial charge is 0.449 e. The molecule has 1 aliphatic carbocycles. The Morgan fingerprint density at radius 3 is 2.42 bits per heavy atom. The molecule has 0 aliphatic heterocycles. The van der Waals surface area contributed by atoms with Crippen LogP contribution in [0.4, 0.5) is 0 Å². The normalized spacial score (nSPS) is 18.2. The number of carbonyl (C=O) groups excluding carboxylic acids is 2. The Hall–Kier alpha value is -1.69. The van der Waals surface area contributed by atoms with Gasteiger partial charge in [-0.05, 0) is 31.9 Å². The minimum absolute atomic E-state index is 0.164. The number of rotatable bonds is 5. The van der Waals surface area contributed by atoms with E-state index in [0.717, 1.165) is 25.7 Å². The first kappa shape index (κ1) is 18.6. The van der Waals surface area contributed by atoms with Crippen molar-refractivity contribution in [1.29, 1.82) is 0 Å². The predicted octanol–water partition coefficient (Wildman–Crippen LogP) is 2.81. The van der Waals surface area contributed by atoms with Gasteiger partial charge >= 0.3 is 5.97 Å². The van der Waals surface area contributed by atoms with Crippen molar-refractivity contribution >= 4 is 22.7 Å². The van der Waals surface area contributed by atoms with Crippen LogP contribution in [0.25, 0.3) is 0 Å². The van der Waals surface area contributed by atoms with Crippen LogP contribution in [0.2, 0.25) is 0 Å². The highest BCUT2D eigenvalue weighted by molar-refractivity contribution is 7.84. The van der Waals surface area contributed by atoms with Crippen molar-refractivity contribution < 1.29 is 18.5 Å². The molecule has 2 atom stereocenters. The SMILES string of the molecule is C[C@H](OC(=O)c1ccccc1[S@](C)=O)C(=O)NC1CCCCCC1. The van der Waals surface area contributed by atoms with Gasteiger partial charge in [0.2, 0.25) is 0 Å². The summed E-state index contributed by atoms with van der Waals surface area (Å²) in [6.07, 6.45) is 7.24. The van der Waals surface area contributed by atoms with E-state index in [4.69, 9.17) is 4.74 Å². The summed E-state index contributed by atoms with van der Waals surface area (Å²) in [5, 5.41) is 2.98. The molecule has 6 heteroatoms. The Bertz CT molecular complexity index is 609. The lowest BCUT2D eigenvalue weighted by atomic mass is 10.1. The van der Waals surface area contributed by atoms with Crippen LogP contribution in [0, 0.1) is 0 Å². The molecule has 1 saturated carbocycles. The Kier molecular flexibility index (Phi) is 6.97. The highest BCUT2D eigenvalue weighted by Gasteiger charge is 2.23. The van der Waals surface area contributed by atoms with Gasteiger partial charge < -0.3 is 10.1 Å². The average Bonchev–Trinajstić information content (AvgIpc) is 2.83. The van der Waals surface area contributed by atoms with E-state index in [1.165, 1.54) is 19.1 Å². The van der Waals surface area contributed by atoms with Crippen LogP contribution in [0.1, 0.15) is 55.8 Å². The van der Waals surface area contributed by atoms with Crippen molar-refractivity contribution in [2.75, 3.05) is 6.26 Å². The van der Waals surface area contributed by atoms with E-state index in [1.54, 1.807) is 31.2 Å². The molecule has 0 radical (unpaired) electrons. The van der Waals surface area contributed by atoms with Crippen molar-refractivity contribution in [1.82, 2.24) is 5.32 Å². The number of carbonyl (C=O) groups is 2. The van der Waals surface area contributed by atoms with Crippen LogP contribution in [0.3, 0.4) is 0 Å². The summed E-state index contributed by atoms with van der Waals surface area (Å²) < 4.78 is 17.0. The third-order valence-electron chi connectivity index (χ3n) is 4.27. The average molecular weight is 351 g/mol. The van der Waals surface area contributed by atoms with Gasteiger partial charge in [-0.15, -0.1) is 0 Å². The molecule has 0 saturated heterocycles. The van der Waals surface area contributed by atoms with Gasteiger partial charge in [0.1, 0.15) is 0 Å². The maximum Gasteiger partial charge on any atom is 0.340 e. The minimum Gasteiger partial charge on any atom is -0.449 e. The molecule has 0 aromatic heterocycles. The molecule has 24 heavy (non-hydrogen) atoms. The van der Waals surface area contributed by atoms with Gasteiger partial charge in [-0.25, -0.2) is 4.79 Å². The molecule has 1 amide bonds. The van der Waals surface area contributed by atoms with Gasteiger partial charge in [0.15, 0.2) is 6.10 Å². The van der Waals surface area contributed by atoms with Gasteiger partial charge in [-0.3, -0.25) is 9.00 Å². The van der Waals surface area contributed by atoms with Crippen molar-refractivity contribution in [3.8, 4) is 0 Å². The van der Waals surface area contributed by atoms with Gasteiger partial charge in [0.05, 0.1) is 21.3 Å². The Balaban J connectivity index is 1.95. The second-order valence-corrected chi connectivity index (χ2v) is 7.54. The molecule has 0 spiro atoms. The van der Waals surface area contributed by atoms with E-state index in [9.17, 15) is 13.8 Å². The Morgan fingerprint density at radius 1 is 1.17 bits per heavy atom. The third-order valence-corrected chi connectivity index (χ3v) is 5.25. The zero-order valence-electron chi connectivity index (χ0n) is 14.2. The topological polar surface area (TPSA) is 72.5 Å². The summed E-state index contributed by atoms with van der Waals surface area (Å²) in [6.45, 7) is 1.56. The summed E-state index contributed by atoms with van der Waals surface area (Å²) in [5.41, 5.74) is 0.243.